The number of aliphatic hydroxyl groups is 1. The molecule has 0 unspecified atom stereocenters. The molecule has 1 fully saturated rings. The van der Waals surface area contributed by atoms with Crippen LogP contribution in [0, 0.1) is 11.6 Å². The van der Waals surface area contributed by atoms with Gasteiger partial charge < -0.3 is 10.4 Å². The monoisotopic (exact) mass is 340 g/mol. The minimum Gasteiger partial charge on any atom is -0.396 e. The molecule has 120 valence electrons. The maximum atomic E-state index is 14.2. The number of hydrogen-bond acceptors (Lipinski definition) is 3. The third-order valence-corrected chi connectivity index (χ3v) is 3.93. The number of benzene rings is 1. The lowest BCUT2D eigenvalue weighted by atomic mass is 9.98. The predicted octanol–water partition coefficient (Wildman–Crippen LogP) is 2.76. The van der Waals surface area contributed by atoms with Crippen molar-refractivity contribution < 1.29 is 13.9 Å². The number of halogens is 4. The number of nitrogens with one attached hydrogen (secondary N) is 1. The summed E-state index contributed by atoms with van der Waals surface area (Å²) in [6.07, 6.45) is 1.00. The van der Waals surface area contributed by atoms with Crippen LogP contribution in [0.15, 0.2) is 12.1 Å². The minimum absolute atomic E-state index is 0. The molecule has 1 aromatic rings. The molecular weight excluding hydrogens is 321 g/mol. The van der Waals surface area contributed by atoms with Crippen molar-refractivity contribution in [1.29, 1.82) is 0 Å². The molecule has 1 heterocycles. The lowest BCUT2D eigenvalue weighted by Crippen LogP contribution is -2.45. The van der Waals surface area contributed by atoms with Crippen molar-refractivity contribution in [3.05, 3.63) is 34.4 Å². The van der Waals surface area contributed by atoms with Crippen LogP contribution in [0.2, 0.25) is 5.02 Å². The Morgan fingerprint density at radius 2 is 1.95 bits per heavy atom. The van der Waals surface area contributed by atoms with Gasteiger partial charge in [0.25, 0.3) is 0 Å². The van der Waals surface area contributed by atoms with E-state index in [0.717, 1.165) is 26.2 Å². The van der Waals surface area contributed by atoms with Crippen LogP contribution < -0.4 is 5.32 Å². The average Bonchev–Trinajstić information content (AvgIpc) is 2.47. The van der Waals surface area contributed by atoms with E-state index in [1.165, 1.54) is 12.1 Å². The second-order valence-electron chi connectivity index (χ2n) is 4.92. The first-order valence-electron chi connectivity index (χ1n) is 6.84. The van der Waals surface area contributed by atoms with Gasteiger partial charge in [0.2, 0.25) is 0 Å². The molecule has 0 amide bonds. The van der Waals surface area contributed by atoms with Crippen LogP contribution in [0.25, 0.3) is 0 Å². The van der Waals surface area contributed by atoms with E-state index in [1.54, 1.807) is 0 Å². The molecule has 0 saturated carbocycles. The van der Waals surface area contributed by atoms with Gasteiger partial charge in [-0.1, -0.05) is 11.6 Å². The number of aliphatic hydroxyl groups excluding tert-OH is 1. The lowest BCUT2D eigenvalue weighted by molar-refractivity contribution is 0.148. The number of hydrogen-bond donors (Lipinski definition) is 2. The van der Waals surface area contributed by atoms with E-state index in [4.69, 9.17) is 16.7 Å². The van der Waals surface area contributed by atoms with Crippen molar-refractivity contribution >= 4 is 24.0 Å². The van der Waals surface area contributed by atoms with Gasteiger partial charge in [-0.2, -0.15) is 0 Å². The first-order valence-corrected chi connectivity index (χ1v) is 7.22. The van der Waals surface area contributed by atoms with Crippen LogP contribution in [-0.4, -0.2) is 42.8 Å². The number of nitrogens with zero attached hydrogens (tertiary/aromatic N) is 1. The van der Waals surface area contributed by atoms with Gasteiger partial charge in [-0.05, 0) is 25.0 Å². The largest absolute Gasteiger partial charge is 0.396 e. The van der Waals surface area contributed by atoms with Gasteiger partial charge in [-0.15, -0.1) is 12.4 Å². The van der Waals surface area contributed by atoms with E-state index in [0.29, 0.717) is 12.8 Å². The summed E-state index contributed by atoms with van der Waals surface area (Å²) in [6, 6.07) is 2.05. The Balaban J connectivity index is 0.00000220. The Morgan fingerprint density at radius 1 is 1.29 bits per heavy atom. The van der Waals surface area contributed by atoms with Crippen molar-refractivity contribution in [2.45, 2.75) is 18.9 Å². The molecule has 1 aromatic carbocycles. The molecule has 0 aliphatic carbocycles. The third kappa shape index (κ3) is 4.50. The van der Waals surface area contributed by atoms with E-state index in [2.05, 4.69) is 5.32 Å². The van der Waals surface area contributed by atoms with E-state index >= 15 is 0 Å². The quantitative estimate of drug-likeness (QED) is 0.809. The van der Waals surface area contributed by atoms with Crippen LogP contribution in [0.1, 0.15) is 24.4 Å². The molecule has 1 atom stereocenters. The zero-order chi connectivity index (χ0) is 14.5. The Hall–Kier alpha value is -0.460. The van der Waals surface area contributed by atoms with Crippen LogP contribution in [0.4, 0.5) is 8.78 Å². The maximum absolute atomic E-state index is 14.2. The second-order valence-corrected chi connectivity index (χ2v) is 5.33. The summed E-state index contributed by atoms with van der Waals surface area (Å²) in [5.41, 5.74) is 0.0212. The van der Waals surface area contributed by atoms with Crippen LogP contribution in [0.5, 0.6) is 0 Å². The molecule has 3 nitrogen and oxygen atoms in total. The highest BCUT2D eigenvalue weighted by molar-refractivity contribution is 6.30. The van der Waals surface area contributed by atoms with Gasteiger partial charge in [0, 0.05) is 44.4 Å². The molecular formula is C14H20Cl2F2N2O. The number of rotatable bonds is 5. The SMILES string of the molecule is Cl.OCCC[C@H](c1c(F)ccc(Cl)c1F)N1CCNCC1. The molecule has 21 heavy (non-hydrogen) atoms. The minimum atomic E-state index is -0.687. The first-order chi connectivity index (χ1) is 9.65. The molecule has 0 spiro atoms. The van der Waals surface area contributed by atoms with Gasteiger partial charge in [0.1, 0.15) is 11.6 Å². The summed E-state index contributed by atoms with van der Waals surface area (Å²) in [4.78, 5) is 2.05. The zero-order valence-corrected chi connectivity index (χ0v) is 13.2. The highest BCUT2D eigenvalue weighted by Crippen LogP contribution is 2.33. The maximum Gasteiger partial charge on any atom is 0.149 e. The topological polar surface area (TPSA) is 35.5 Å². The smallest absolute Gasteiger partial charge is 0.149 e. The molecule has 1 saturated heterocycles. The van der Waals surface area contributed by atoms with E-state index in [9.17, 15) is 8.78 Å². The first kappa shape index (κ1) is 18.6. The van der Waals surface area contributed by atoms with E-state index < -0.39 is 11.6 Å². The molecule has 2 N–H and O–H groups in total. The van der Waals surface area contributed by atoms with Gasteiger partial charge in [0.15, 0.2) is 0 Å². The van der Waals surface area contributed by atoms with Gasteiger partial charge in [0.05, 0.1) is 5.02 Å². The molecule has 0 aromatic heterocycles. The standard InChI is InChI=1S/C14H19ClF2N2O.ClH/c15-10-3-4-11(16)13(14(10)17)12(2-1-9-20)19-7-5-18-6-8-19;/h3-4,12,18,20H,1-2,5-9H2;1H/t12-;/m1./s1. The van der Waals surface area contributed by atoms with Crippen LogP contribution in [-0.2, 0) is 0 Å². The van der Waals surface area contributed by atoms with Crippen molar-refractivity contribution in [1.82, 2.24) is 10.2 Å². The molecule has 0 bridgehead atoms. The summed E-state index contributed by atoms with van der Waals surface area (Å²) in [6.45, 7) is 3.04. The summed E-state index contributed by atoms with van der Waals surface area (Å²) in [7, 11) is 0. The highest BCUT2D eigenvalue weighted by atomic mass is 35.5. The zero-order valence-electron chi connectivity index (χ0n) is 11.6. The van der Waals surface area contributed by atoms with E-state index in [-0.39, 0.29) is 35.6 Å². The number of piperazine rings is 1. The summed E-state index contributed by atoms with van der Waals surface area (Å²) >= 11 is 5.78. The summed E-state index contributed by atoms with van der Waals surface area (Å²) in [5.74, 6) is -1.26. The molecule has 2 rings (SSSR count). The highest BCUT2D eigenvalue weighted by Gasteiger charge is 2.28. The van der Waals surface area contributed by atoms with Gasteiger partial charge in [-0.25, -0.2) is 8.78 Å². The molecule has 7 heteroatoms. The van der Waals surface area contributed by atoms with Crippen molar-refractivity contribution in [2.24, 2.45) is 0 Å². The lowest BCUT2D eigenvalue weighted by Gasteiger charge is -2.35. The van der Waals surface area contributed by atoms with E-state index in [1.807, 2.05) is 4.90 Å². The molecule has 1 aliphatic heterocycles. The Bertz CT molecular complexity index is 457. The second kappa shape index (κ2) is 8.86. The van der Waals surface area contributed by atoms with Crippen molar-refractivity contribution in [3.8, 4) is 0 Å². The van der Waals surface area contributed by atoms with Gasteiger partial charge >= 0.3 is 0 Å². The Kier molecular flexibility index (Phi) is 7.84. The van der Waals surface area contributed by atoms with Crippen molar-refractivity contribution in [3.63, 3.8) is 0 Å². The predicted molar refractivity (Wildman–Crippen MR) is 82.1 cm³/mol. The van der Waals surface area contributed by atoms with Crippen LogP contribution >= 0.6 is 24.0 Å². The fourth-order valence-corrected chi connectivity index (χ4v) is 2.80. The van der Waals surface area contributed by atoms with Crippen LogP contribution in [0.3, 0.4) is 0 Å². The fraction of sp³-hybridized carbons (Fsp3) is 0.571. The Labute approximate surface area is 134 Å². The Morgan fingerprint density at radius 3 is 2.57 bits per heavy atom. The normalized spacial score (nSPS) is 17.3. The average molecular weight is 341 g/mol. The fourth-order valence-electron chi connectivity index (χ4n) is 2.64. The summed E-state index contributed by atoms with van der Waals surface area (Å²) in [5, 5.41) is 12.2. The third-order valence-electron chi connectivity index (χ3n) is 3.64. The molecule has 1 aliphatic rings. The molecule has 0 radical (unpaired) electrons. The summed E-state index contributed by atoms with van der Waals surface area (Å²) < 4.78 is 28.3. The van der Waals surface area contributed by atoms with Gasteiger partial charge in [-0.3, -0.25) is 4.90 Å². The van der Waals surface area contributed by atoms with Crippen molar-refractivity contribution in [2.75, 3.05) is 32.8 Å².